The number of carbonyl (C=O) groups is 2. The van der Waals surface area contributed by atoms with Crippen molar-refractivity contribution in [3.63, 3.8) is 0 Å². The minimum atomic E-state index is -0.263. The minimum Gasteiger partial charge on any atom is -0.346 e. The Hall–Kier alpha value is -3.39. The average molecular weight is 436 g/mol. The molecule has 2 aromatic carbocycles. The van der Waals surface area contributed by atoms with E-state index in [1.54, 1.807) is 6.08 Å². The molecule has 31 heavy (non-hydrogen) atoms. The van der Waals surface area contributed by atoms with Gasteiger partial charge in [-0.2, -0.15) is 0 Å². The minimum absolute atomic E-state index is 0.0912. The van der Waals surface area contributed by atoms with E-state index in [1.807, 2.05) is 66.1 Å². The maximum Gasteiger partial charge on any atom is 0.243 e. The van der Waals surface area contributed by atoms with Crippen LogP contribution in [0.5, 0.6) is 0 Å². The van der Waals surface area contributed by atoms with Crippen LogP contribution in [0.15, 0.2) is 72.4 Å². The SMILES string of the molecule is C=CCn1c(SCC(=O)NCC(=O)Nc2ccccc2CC)nnc1-c1ccccc1. The monoisotopic (exact) mass is 435 g/mol. The Kier molecular flexibility index (Phi) is 8.00. The molecule has 0 aliphatic carbocycles. The zero-order valence-corrected chi connectivity index (χ0v) is 18.2. The highest BCUT2D eigenvalue weighted by Gasteiger charge is 2.15. The quantitative estimate of drug-likeness (QED) is 0.376. The van der Waals surface area contributed by atoms with Crippen LogP contribution in [0.2, 0.25) is 0 Å². The predicted octanol–water partition coefficient (Wildman–Crippen LogP) is 3.54. The molecule has 1 heterocycles. The lowest BCUT2D eigenvalue weighted by atomic mass is 10.1. The first kappa shape index (κ1) is 22.3. The molecule has 8 heteroatoms. The van der Waals surface area contributed by atoms with Crippen LogP contribution in [-0.2, 0) is 22.6 Å². The number of allylic oxidation sites excluding steroid dienone is 1. The van der Waals surface area contributed by atoms with E-state index < -0.39 is 0 Å². The highest BCUT2D eigenvalue weighted by molar-refractivity contribution is 7.99. The largest absolute Gasteiger partial charge is 0.346 e. The van der Waals surface area contributed by atoms with Gasteiger partial charge in [0.25, 0.3) is 0 Å². The first-order valence-corrected chi connectivity index (χ1v) is 11.0. The molecule has 0 aliphatic rings. The number of amides is 2. The zero-order valence-electron chi connectivity index (χ0n) is 17.4. The molecule has 0 aliphatic heterocycles. The van der Waals surface area contributed by atoms with E-state index in [4.69, 9.17) is 0 Å². The second-order valence-electron chi connectivity index (χ2n) is 6.70. The van der Waals surface area contributed by atoms with Crippen LogP contribution in [0.3, 0.4) is 0 Å². The third kappa shape index (κ3) is 6.05. The topological polar surface area (TPSA) is 88.9 Å². The molecule has 0 saturated carbocycles. The summed E-state index contributed by atoms with van der Waals surface area (Å²) in [4.78, 5) is 24.4. The number of aryl methyl sites for hydroxylation is 1. The number of nitrogens with zero attached hydrogens (tertiary/aromatic N) is 3. The standard InChI is InChI=1S/C23H25N5O2S/c1-3-14-28-22(18-11-6-5-7-12-18)26-27-23(28)31-16-21(30)24-15-20(29)25-19-13-9-8-10-17(19)4-2/h3,5-13H,1,4,14-16H2,2H3,(H,24,30)(H,25,29). The van der Waals surface area contributed by atoms with E-state index in [0.717, 1.165) is 29.1 Å². The van der Waals surface area contributed by atoms with Crippen LogP contribution in [0, 0.1) is 0 Å². The molecule has 0 unspecified atom stereocenters. The number of aromatic nitrogens is 3. The number of para-hydroxylation sites is 1. The molecule has 2 amide bonds. The van der Waals surface area contributed by atoms with E-state index in [1.165, 1.54) is 11.8 Å². The number of hydrogen-bond donors (Lipinski definition) is 2. The lowest BCUT2D eigenvalue weighted by Crippen LogP contribution is -2.34. The summed E-state index contributed by atoms with van der Waals surface area (Å²) in [5.74, 6) is 0.333. The first-order chi connectivity index (χ1) is 15.1. The molecular weight excluding hydrogens is 410 g/mol. The summed E-state index contributed by atoms with van der Waals surface area (Å²) >= 11 is 1.27. The second kappa shape index (κ2) is 11.1. The number of thioether (sulfide) groups is 1. The summed E-state index contributed by atoms with van der Waals surface area (Å²) in [6.07, 6.45) is 2.58. The first-order valence-electron chi connectivity index (χ1n) is 9.99. The van der Waals surface area contributed by atoms with Crippen molar-refractivity contribution < 1.29 is 9.59 Å². The molecule has 1 aromatic heterocycles. The van der Waals surface area contributed by atoms with Crippen LogP contribution in [0.1, 0.15) is 12.5 Å². The van der Waals surface area contributed by atoms with E-state index in [-0.39, 0.29) is 24.1 Å². The van der Waals surface area contributed by atoms with Crippen LogP contribution in [-0.4, -0.2) is 38.9 Å². The highest BCUT2D eigenvalue weighted by atomic mass is 32.2. The number of carbonyl (C=O) groups excluding carboxylic acids is 2. The van der Waals surface area contributed by atoms with Gasteiger partial charge in [-0.25, -0.2) is 0 Å². The van der Waals surface area contributed by atoms with Crippen molar-refractivity contribution >= 4 is 29.3 Å². The molecule has 0 atom stereocenters. The summed E-state index contributed by atoms with van der Waals surface area (Å²) in [6, 6.07) is 17.3. The lowest BCUT2D eigenvalue weighted by molar-refractivity contribution is -0.122. The van der Waals surface area contributed by atoms with Gasteiger partial charge in [-0.1, -0.05) is 73.3 Å². The number of nitrogens with one attached hydrogen (secondary N) is 2. The molecule has 7 nitrogen and oxygen atoms in total. The van der Waals surface area contributed by atoms with Gasteiger partial charge in [0.15, 0.2) is 11.0 Å². The Bertz CT molecular complexity index is 1050. The van der Waals surface area contributed by atoms with Gasteiger partial charge in [0.05, 0.1) is 12.3 Å². The molecule has 3 rings (SSSR count). The molecule has 0 fully saturated rings. The van der Waals surface area contributed by atoms with Gasteiger partial charge in [0.2, 0.25) is 11.8 Å². The van der Waals surface area contributed by atoms with Crippen LogP contribution in [0.25, 0.3) is 11.4 Å². The van der Waals surface area contributed by atoms with E-state index in [0.29, 0.717) is 11.7 Å². The Morgan fingerprint density at radius 3 is 2.55 bits per heavy atom. The fourth-order valence-electron chi connectivity index (χ4n) is 2.99. The molecule has 0 bridgehead atoms. The van der Waals surface area contributed by atoms with Crippen molar-refractivity contribution in [3.8, 4) is 11.4 Å². The summed E-state index contributed by atoms with van der Waals surface area (Å²) in [6.45, 7) is 6.26. The number of anilines is 1. The lowest BCUT2D eigenvalue weighted by Gasteiger charge is -2.10. The summed E-state index contributed by atoms with van der Waals surface area (Å²) < 4.78 is 1.91. The van der Waals surface area contributed by atoms with Crippen molar-refractivity contribution in [1.82, 2.24) is 20.1 Å². The zero-order chi connectivity index (χ0) is 22.1. The number of rotatable bonds is 10. The van der Waals surface area contributed by atoms with Crippen LogP contribution in [0.4, 0.5) is 5.69 Å². The van der Waals surface area contributed by atoms with Crippen molar-refractivity contribution in [2.75, 3.05) is 17.6 Å². The molecule has 0 radical (unpaired) electrons. The van der Waals surface area contributed by atoms with Gasteiger partial charge in [-0.05, 0) is 18.1 Å². The normalized spacial score (nSPS) is 10.5. The van der Waals surface area contributed by atoms with Gasteiger partial charge >= 0.3 is 0 Å². The smallest absolute Gasteiger partial charge is 0.243 e. The Balaban J connectivity index is 1.54. The predicted molar refractivity (Wildman–Crippen MR) is 124 cm³/mol. The fraction of sp³-hybridized carbons (Fsp3) is 0.217. The fourth-order valence-corrected chi connectivity index (χ4v) is 3.77. The van der Waals surface area contributed by atoms with E-state index in [9.17, 15) is 9.59 Å². The average Bonchev–Trinajstić information content (AvgIpc) is 3.20. The Labute approximate surface area is 186 Å². The van der Waals surface area contributed by atoms with E-state index >= 15 is 0 Å². The highest BCUT2D eigenvalue weighted by Crippen LogP contribution is 2.23. The van der Waals surface area contributed by atoms with Crippen molar-refractivity contribution in [3.05, 3.63) is 72.8 Å². The Morgan fingerprint density at radius 1 is 1.06 bits per heavy atom. The summed E-state index contributed by atoms with van der Waals surface area (Å²) in [5, 5.41) is 14.6. The van der Waals surface area contributed by atoms with Gasteiger partial charge in [-0.15, -0.1) is 16.8 Å². The second-order valence-corrected chi connectivity index (χ2v) is 7.64. The maximum absolute atomic E-state index is 12.3. The molecular formula is C23H25N5O2S. The summed E-state index contributed by atoms with van der Waals surface area (Å²) in [7, 11) is 0. The van der Waals surface area contributed by atoms with Crippen molar-refractivity contribution in [2.24, 2.45) is 0 Å². The van der Waals surface area contributed by atoms with Gasteiger partial charge in [-0.3, -0.25) is 14.2 Å². The molecule has 0 saturated heterocycles. The van der Waals surface area contributed by atoms with E-state index in [2.05, 4.69) is 27.4 Å². The van der Waals surface area contributed by atoms with Crippen LogP contribution >= 0.6 is 11.8 Å². The van der Waals surface area contributed by atoms with Crippen molar-refractivity contribution in [1.29, 1.82) is 0 Å². The summed E-state index contributed by atoms with van der Waals surface area (Å²) in [5.41, 5.74) is 2.76. The molecule has 0 spiro atoms. The van der Waals surface area contributed by atoms with Crippen molar-refractivity contribution in [2.45, 2.75) is 25.0 Å². The third-order valence-corrected chi connectivity index (χ3v) is 5.48. The van der Waals surface area contributed by atoms with Gasteiger partial charge in [0, 0.05) is 17.8 Å². The Morgan fingerprint density at radius 2 is 1.81 bits per heavy atom. The maximum atomic E-state index is 12.3. The van der Waals surface area contributed by atoms with Crippen LogP contribution < -0.4 is 10.6 Å². The number of hydrogen-bond acceptors (Lipinski definition) is 5. The number of benzene rings is 2. The molecule has 3 aromatic rings. The molecule has 2 N–H and O–H groups in total. The van der Waals surface area contributed by atoms with Gasteiger partial charge in [0.1, 0.15) is 0 Å². The van der Waals surface area contributed by atoms with Gasteiger partial charge < -0.3 is 10.6 Å². The third-order valence-electron chi connectivity index (χ3n) is 4.51. The molecule has 160 valence electrons.